The van der Waals surface area contributed by atoms with Gasteiger partial charge in [-0.05, 0) is 12.8 Å². The van der Waals surface area contributed by atoms with Crippen molar-refractivity contribution in [2.45, 2.75) is 18.9 Å². The van der Waals surface area contributed by atoms with E-state index in [0.29, 0.717) is 10.7 Å². The molecule has 0 aliphatic carbocycles. The fourth-order valence-electron chi connectivity index (χ4n) is 1.79. The van der Waals surface area contributed by atoms with Crippen molar-refractivity contribution in [3.8, 4) is 0 Å². The van der Waals surface area contributed by atoms with Crippen LogP contribution in [0.25, 0.3) is 11.0 Å². The summed E-state index contributed by atoms with van der Waals surface area (Å²) in [5.74, 6) is 0.819. The lowest BCUT2D eigenvalue weighted by Crippen LogP contribution is -1.97. The van der Waals surface area contributed by atoms with Crippen LogP contribution in [0.3, 0.4) is 0 Å². The molecule has 3 heterocycles. The number of nitrogens with zero attached hydrogens (tertiary/aromatic N) is 3. The van der Waals surface area contributed by atoms with E-state index in [9.17, 15) is 0 Å². The predicted molar refractivity (Wildman–Crippen MR) is 54.6 cm³/mol. The number of aromatic nitrogens is 4. The lowest BCUT2D eigenvalue weighted by molar-refractivity contribution is 0.106. The van der Waals surface area contributed by atoms with Gasteiger partial charge in [0.15, 0.2) is 5.15 Å². The van der Waals surface area contributed by atoms with E-state index in [-0.39, 0.29) is 6.10 Å². The zero-order valence-corrected chi connectivity index (χ0v) is 8.66. The van der Waals surface area contributed by atoms with Crippen molar-refractivity contribution in [2.24, 2.45) is 0 Å². The zero-order valence-electron chi connectivity index (χ0n) is 7.90. The molecule has 1 N–H and O–H groups in total. The number of imidazole rings is 1. The lowest BCUT2D eigenvalue weighted by Gasteiger charge is -2.03. The van der Waals surface area contributed by atoms with Gasteiger partial charge in [0.1, 0.15) is 17.4 Å². The molecule has 5 nitrogen and oxygen atoms in total. The second-order valence-corrected chi connectivity index (χ2v) is 3.88. The summed E-state index contributed by atoms with van der Waals surface area (Å²) in [6.45, 7) is 0.798. The van der Waals surface area contributed by atoms with Gasteiger partial charge in [-0.2, -0.15) is 5.10 Å². The first-order chi connectivity index (χ1) is 7.34. The van der Waals surface area contributed by atoms with Gasteiger partial charge in [0, 0.05) is 6.61 Å². The van der Waals surface area contributed by atoms with E-state index in [1.54, 1.807) is 6.20 Å². The number of halogens is 1. The average Bonchev–Trinajstić information content (AvgIpc) is 2.86. The number of fused-ring (bicyclic) bond motifs is 1. The summed E-state index contributed by atoms with van der Waals surface area (Å²) in [4.78, 5) is 7.53. The smallest absolute Gasteiger partial charge is 0.179 e. The fourth-order valence-corrected chi connectivity index (χ4v) is 1.97. The third-order valence-corrected chi connectivity index (χ3v) is 2.77. The van der Waals surface area contributed by atoms with E-state index < -0.39 is 0 Å². The Morgan fingerprint density at radius 3 is 3.20 bits per heavy atom. The van der Waals surface area contributed by atoms with Crippen LogP contribution in [0.1, 0.15) is 24.8 Å². The fraction of sp³-hybridized carbons (Fsp3) is 0.444. The van der Waals surface area contributed by atoms with Gasteiger partial charge in [0.25, 0.3) is 0 Å². The van der Waals surface area contributed by atoms with Gasteiger partial charge in [0.2, 0.25) is 0 Å². The first-order valence-corrected chi connectivity index (χ1v) is 5.21. The normalized spacial score (nSPS) is 21.3. The number of rotatable bonds is 1. The maximum atomic E-state index is 5.88. The molecule has 0 amide bonds. The van der Waals surface area contributed by atoms with Crippen LogP contribution in [-0.4, -0.2) is 26.8 Å². The largest absolute Gasteiger partial charge is 0.370 e. The summed E-state index contributed by atoms with van der Waals surface area (Å²) in [5.41, 5.74) is 1.47. The van der Waals surface area contributed by atoms with Crippen molar-refractivity contribution in [3.63, 3.8) is 0 Å². The predicted octanol–water partition coefficient (Wildman–Crippen LogP) is 1.86. The second kappa shape index (κ2) is 3.43. The Morgan fingerprint density at radius 1 is 1.53 bits per heavy atom. The monoisotopic (exact) mass is 224 g/mol. The van der Waals surface area contributed by atoms with E-state index >= 15 is 0 Å². The Kier molecular flexibility index (Phi) is 2.07. The summed E-state index contributed by atoms with van der Waals surface area (Å²) >= 11 is 5.88. The Labute approximate surface area is 90.8 Å². The van der Waals surface area contributed by atoms with Crippen molar-refractivity contribution < 1.29 is 4.74 Å². The maximum Gasteiger partial charge on any atom is 0.179 e. The summed E-state index contributed by atoms with van der Waals surface area (Å²) in [6, 6.07) is 0. The zero-order chi connectivity index (χ0) is 10.3. The van der Waals surface area contributed by atoms with Crippen molar-refractivity contribution >= 4 is 22.6 Å². The number of H-pyrrole nitrogens is 1. The first kappa shape index (κ1) is 9.06. The Balaban J connectivity index is 2.09. The molecule has 1 aliphatic heterocycles. The van der Waals surface area contributed by atoms with E-state index in [4.69, 9.17) is 16.3 Å². The molecule has 3 rings (SSSR count). The van der Waals surface area contributed by atoms with Crippen LogP contribution in [0, 0.1) is 0 Å². The third-order valence-electron chi connectivity index (χ3n) is 2.51. The topological polar surface area (TPSA) is 63.7 Å². The molecule has 0 radical (unpaired) electrons. The molecular weight excluding hydrogens is 216 g/mol. The van der Waals surface area contributed by atoms with Crippen LogP contribution in [0.5, 0.6) is 0 Å². The minimum atomic E-state index is 0.0634. The van der Waals surface area contributed by atoms with E-state index in [1.165, 1.54) is 0 Å². The minimum absolute atomic E-state index is 0.0634. The SMILES string of the molecule is Clc1nncc2[nH]c(C3CCCO3)nc12. The average molecular weight is 225 g/mol. The van der Waals surface area contributed by atoms with Crippen molar-refractivity contribution in [1.29, 1.82) is 0 Å². The standard InChI is InChI=1S/C9H9ClN4O/c10-8-7-5(4-11-14-8)12-9(13-7)6-2-1-3-15-6/h4,6H,1-3H2,(H,12,13). The molecule has 0 spiro atoms. The number of hydrogen-bond acceptors (Lipinski definition) is 4. The Bertz CT molecular complexity index is 492. The van der Waals surface area contributed by atoms with E-state index in [0.717, 1.165) is 30.8 Å². The molecule has 78 valence electrons. The molecule has 2 aromatic heterocycles. The van der Waals surface area contributed by atoms with Crippen molar-refractivity contribution in [1.82, 2.24) is 20.2 Å². The van der Waals surface area contributed by atoms with Crippen LogP contribution in [0.15, 0.2) is 6.20 Å². The van der Waals surface area contributed by atoms with Crippen molar-refractivity contribution in [2.75, 3.05) is 6.61 Å². The quantitative estimate of drug-likeness (QED) is 0.803. The highest BCUT2D eigenvalue weighted by Gasteiger charge is 2.21. The summed E-state index contributed by atoms with van der Waals surface area (Å²) in [5, 5.41) is 7.82. The van der Waals surface area contributed by atoms with Gasteiger partial charge < -0.3 is 9.72 Å². The maximum absolute atomic E-state index is 5.88. The molecule has 6 heteroatoms. The molecule has 1 unspecified atom stereocenters. The third kappa shape index (κ3) is 1.48. The van der Waals surface area contributed by atoms with Crippen LogP contribution >= 0.6 is 11.6 Å². The van der Waals surface area contributed by atoms with Crippen LogP contribution in [0.2, 0.25) is 5.15 Å². The van der Waals surface area contributed by atoms with Gasteiger partial charge in [-0.3, -0.25) is 0 Å². The molecule has 1 atom stereocenters. The molecule has 2 aromatic rings. The van der Waals surface area contributed by atoms with Gasteiger partial charge in [0.05, 0.1) is 11.7 Å². The van der Waals surface area contributed by atoms with Crippen molar-refractivity contribution in [3.05, 3.63) is 17.2 Å². The highest BCUT2D eigenvalue weighted by atomic mass is 35.5. The summed E-state index contributed by atoms with van der Waals surface area (Å²) < 4.78 is 5.53. The van der Waals surface area contributed by atoms with Crippen LogP contribution in [-0.2, 0) is 4.74 Å². The van der Waals surface area contributed by atoms with E-state index in [1.807, 2.05) is 0 Å². The van der Waals surface area contributed by atoms with Crippen LogP contribution < -0.4 is 0 Å². The number of ether oxygens (including phenoxy) is 1. The Morgan fingerprint density at radius 2 is 2.47 bits per heavy atom. The van der Waals surface area contributed by atoms with Crippen LogP contribution in [0.4, 0.5) is 0 Å². The lowest BCUT2D eigenvalue weighted by atomic mass is 10.2. The molecule has 0 saturated carbocycles. The van der Waals surface area contributed by atoms with E-state index in [2.05, 4.69) is 20.2 Å². The molecule has 0 aromatic carbocycles. The van der Waals surface area contributed by atoms with Gasteiger partial charge in [-0.15, -0.1) is 5.10 Å². The summed E-state index contributed by atoms with van der Waals surface area (Å²) in [7, 11) is 0. The van der Waals surface area contributed by atoms with Gasteiger partial charge in [-0.25, -0.2) is 4.98 Å². The summed E-state index contributed by atoms with van der Waals surface area (Å²) in [6.07, 6.45) is 3.75. The Hall–Kier alpha value is -1.20. The van der Waals surface area contributed by atoms with Gasteiger partial charge in [-0.1, -0.05) is 11.6 Å². The molecule has 15 heavy (non-hydrogen) atoms. The number of hydrogen-bond donors (Lipinski definition) is 1. The molecular formula is C9H9ClN4O. The highest BCUT2D eigenvalue weighted by molar-refractivity contribution is 6.33. The van der Waals surface area contributed by atoms with Gasteiger partial charge >= 0.3 is 0 Å². The molecule has 1 saturated heterocycles. The number of nitrogens with one attached hydrogen (secondary N) is 1. The first-order valence-electron chi connectivity index (χ1n) is 4.83. The molecule has 1 aliphatic rings. The second-order valence-electron chi connectivity index (χ2n) is 3.52. The minimum Gasteiger partial charge on any atom is -0.370 e. The molecule has 1 fully saturated rings. The number of aromatic amines is 1. The highest BCUT2D eigenvalue weighted by Crippen LogP contribution is 2.28. The molecule has 0 bridgehead atoms.